The molecule has 0 aromatic carbocycles. The van der Waals surface area contributed by atoms with E-state index >= 15 is 0 Å². The minimum Gasteiger partial charge on any atom is -0.317 e. The lowest BCUT2D eigenvalue weighted by Gasteiger charge is -2.33. The van der Waals surface area contributed by atoms with E-state index in [9.17, 15) is 8.42 Å². The van der Waals surface area contributed by atoms with Gasteiger partial charge in [-0.25, -0.2) is 12.7 Å². The normalized spacial score (nSPS) is 30.8. The van der Waals surface area contributed by atoms with Gasteiger partial charge in [-0.15, -0.1) is 0 Å². The van der Waals surface area contributed by atoms with E-state index in [4.69, 9.17) is 0 Å². The molecule has 0 unspecified atom stereocenters. The average Bonchev–Trinajstić information content (AvgIpc) is 3.11. The van der Waals surface area contributed by atoms with Crippen LogP contribution in [0, 0.1) is 5.92 Å². The number of rotatable bonds is 5. The van der Waals surface area contributed by atoms with Crippen molar-refractivity contribution in [3.63, 3.8) is 0 Å². The lowest BCUT2D eigenvalue weighted by atomic mass is 9.91. The highest BCUT2D eigenvalue weighted by molar-refractivity contribution is 7.89. The van der Waals surface area contributed by atoms with Crippen LogP contribution in [0.15, 0.2) is 0 Å². The summed E-state index contributed by atoms with van der Waals surface area (Å²) in [5, 5.41) is 3.28. The number of sulfonamides is 1. The molecule has 17 heavy (non-hydrogen) atoms. The summed E-state index contributed by atoms with van der Waals surface area (Å²) >= 11 is 0. The highest BCUT2D eigenvalue weighted by Gasteiger charge is 2.34. The Morgan fingerprint density at radius 3 is 2.18 bits per heavy atom. The van der Waals surface area contributed by atoms with Gasteiger partial charge in [0.25, 0.3) is 0 Å². The molecule has 0 aromatic heterocycles. The Bertz CT molecular complexity index is 344. The Morgan fingerprint density at radius 2 is 1.71 bits per heavy atom. The summed E-state index contributed by atoms with van der Waals surface area (Å²) in [5.74, 6) is 0.811. The summed E-state index contributed by atoms with van der Waals surface area (Å²) in [6, 6.07) is 0.800. The largest absolute Gasteiger partial charge is 0.317 e. The van der Waals surface area contributed by atoms with E-state index in [1.165, 1.54) is 0 Å². The van der Waals surface area contributed by atoms with Crippen LogP contribution in [0.25, 0.3) is 0 Å². The predicted octanol–water partition coefficient (Wildman–Crippen LogP) is 1.19. The first-order valence-electron chi connectivity index (χ1n) is 6.66. The third kappa shape index (κ3) is 3.42. The minimum absolute atomic E-state index is 0.225. The van der Waals surface area contributed by atoms with Crippen molar-refractivity contribution < 1.29 is 8.42 Å². The number of nitrogens with zero attached hydrogens (tertiary/aromatic N) is 1. The maximum Gasteiger partial charge on any atom is 0.214 e. The molecule has 2 saturated carbocycles. The number of nitrogens with one attached hydrogen (secondary N) is 1. The highest BCUT2D eigenvalue weighted by Crippen LogP contribution is 2.32. The van der Waals surface area contributed by atoms with Crippen LogP contribution < -0.4 is 5.32 Å². The van der Waals surface area contributed by atoms with Gasteiger partial charge < -0.3 is 5.32 Å². The van der Waals surface area contributed by atoms with Crippen LogP contribution in [0.3, 0.4) is 0 Å². The van der Waals surface area contributed by atoms with Gasteiger partial charge in [0.15, 0.2) is 0 Å². The molecule has 5 heteroatoms. The third-order valence-corrected chi connectivity index (χ3v) is 6.27. The van der Waals surface area contributed by atoms with Crippen LogP contribution in [0.5, 0.6) is 0 Å². The molecule has 0 heterocycles. The monoisotopic (exact) mass is 260 g/mol. The Balaban J connectivity index is 1.88. The van der Waals surface area contributed by atoms with Crippen molar-refractivity contribution in [3.05, 3.63) is 0 Å². The lowest BCUT2D eigenvalue weighted by Crippen LogP contribution is -2.43. The molecule has 100 valence electrons. The first kappa shape index (κ1) is 13.3. The van der Waals surface area contributed by atoms with E-state index in [1.54, 1.807) is 11.4 Å². The second-order valence-corrected chi connectivity index (χ2v) is 7.61. The topological polar surface area (TPSA) is 49.4 Å². The lowest BCUT2D eigenvalue weighted by molar-refractivity contribution is 0.254. The quantitative estimate of drug-likeness (QED) is 0.808. The van der Waals surface area contributed by atoms with Crippen LogP contribution in [0.4, 0.5) is 0 Å². The molecule has 0 atom stereocenters. The molecule has 2 fully saturated rings. The van der Waals surface area contributed by atoms with Crippen LogP contribution in [0.2, 0.25) is 0 Å². The molecule has 0 amide bonds. The van der Waals surface area contributed by atoms with E-state index in [-0.39, 0.29) is 6.04 Å². The van der Waals surface area contributed by atoms with E-state index in [0.29, 0.717) is 17.7 Å². The van der Waals surface area contributed by atoms with Gasteiger partial charge in [0.05, 0.1) is 5.75 Å². The zero-order valence-electron chi connectivity index (χ0n) is 10.9. The summed E-state index contributed by atoms with van der Waals surface area (Å²) in [7, 11) is 0.743. The Kier molecular flexibility index (Phi) is 4.10. The average molecular weight is 260 g/mol. The summed E-state index contributed by atoms with van der Waals surface area (Å²) in [6.45, 7) is 0. The molecule has 4 nitrogen and oxygen atoms in total. The molecular formula is C12H24N2O2S. The molecule has 0 saturated heterocycles. The fourth-order valence-corrected chi connectivity index (χ4v) is 4.48. The van der Waals surface area contributed by atoms with Gasteiger partial charge in [-0.05, 0) is 51.5 Å². The van der Waals surface area contributed by atoms with Gasteiger partial charge in [0.2, 0.25) is 10.0 Å². The van der Waals surface area contributed by atoms with Gasteiger partial charge >= 0.3 is 0 Å². The van der Waals surface area contributed by atoms with Gasteiger partial charge in [-0.3, -0.25) is 0 Å². The van der Waals surface area contributed by atoms with Crippen LogP contribution in [-0.4, -0.2) is 44.7 Å². The van der Waals surface area contributed by atoms with Gasteiger partial charge in [-0.1, -0.05) is 0 Å². The zero-order valence-corrected chi connectivity index (χ0v) is 11.7. The fraction of sp³-hybridized carbons (Fsp3) is 1.00. The fourth-order valence-electron chi connectivity index (χ4n) is 2.66. The van der Waals surface area contributed by atoms with E-state index in [0.717, 1.165) is 38.5 Å². The summed E-state index contributed by atoms with van der Waals surface area (Å²) in [5.41, 5.74) is 0. The molecule has 2 aliphatic rings. The van der Waals surface area contributed by atoms with E-state index in [2.05, 4.69) is 5.32 Å². The zero-order chi connectivity index (χ0) is 12.5. The smallest absolute Gasteiger partial charge is 0.214 e. The van der Waals surface area contributed by atoms with Crippen molar-refractivity contribution in [2.75, 3.05) is 19.8 Å². The molecule has 0 aromatic rings. The maximum absolute atomic E-state index is 12.1. The van der Waals surface area contributed by atoms with Crippen molar-refractivity contribution in [3.8, 4) is 0 Å². The standard InChI is InChI=1S/C12H24N2O2S/c1-13-11-5-7-12(8-6-11)14(2)17(15,16)9-10-3-4-10/h10-13H,3-9H2,1-2H3. The van der Waals surface area contributed by atoms with Crippen molar-refractivity contribution in [2.45, 2.75) is 50.6 Å². The van der Waals surface area contributed by atoms with Gasteiger partial charge in [-0.2, -0.15) is 0 Å². The molecule has 0 aliphatic heterocycles. The summed E-state index contributed by atoms with van der Waals surface area (Å²) in [4.78, 5) is 0. The van der Waals surface area contributed by atoms with Crippen LogP contribution in [-0.2, 0) is 10.0 Å². The van der Waals surface area contributed by atoms with E-state index in [1.807, 2.05) is 7.05 Å². The predicted molar refractivity (Wildman–Crippen MR) is 69.4 cm³/mol. The van der Waals surface area contributed by atoms with E-state index < -0.39 is 10.0 Å². The van der Waals surface area contributed by atoms with Crippen molar-refractivity contribution in [1.82, 2.24) is 9.62 Å². The van der Waals surface area contributed by atoms with Crippen molar-refractivity contribution in [2.24, 2.45) is 5.92 Å². The minimum atomic E-state index is -3.01. The maximum atomic E-state index is 12.1. The second-order valence-electron chi connectivity index (χ2n) is 5.53. The second kappa shape index (κ2) is 5.24. The molecule has 0 radical (unpaired) electrons. The molecule has 1 N–H and O–H groups in total. The molecule has 0 spiro atoms. The molecular weight excluding hydrogens is 236 g/mol. The Morgan fingerprint density at radius 1 is 1.12 bits per heavy atom. The number of hydrogen-bond acceptors (Lipinski definition) is 3. The SMILES string of the molecule is CNC1CCC(N(C)S(=O)(=O)CC2CC2)CC1. The third-order valence-electron chi connectivity index (χ3n) is 4.20. The molecule has 2 rings (SSSR count). The molecule has 0 bridgehead atoms. The first-order valence-corrected chi connectivity index (χ1v) is 8.27. The number of hydrogen-bond donors (Lipinski definition) is 1. The van der Waals surface area contributed by atoms with Crippen molar-refractivity contribution >= 4 is 10.0 Å². The van der Waals surface area contributed by atoms with Gasteiger partial charge in [0, 0.05) is 19.1 Å². The van der Waals surface area contributed by atoms with Crippen molar-refractivity contribution in [1.29, 1.82) is 0 Å². The van der Waals surface area contributed by atoms with Crippen LogP contribution in [0.1, 0.15) is 38.5 Å². The van der Waals surface area contributed by atoms with Gasteiger partial charge in [0.1, 0.15) is 0 Å². The Hall–Kier alpha value is -0.130. The Labute approximate surface area is 105 Å². The summed E-state index contributed by atoms with van der Waals surface area (Å²) < 4.78 is 25.9. The molecule has 2 aliphatic carbocycles. The summed E-state index contributed by atoms with van der Waals surface area (Å²) in [6.07, 6.45) is 6.35. The highest BCUT2D eigenvalue weighted by atomic mass is 32.2. The first-order chi connectivity index (χ1) is 8.03. The van der Waals surface area contributed by atoms with Crippen LogP contribution >= 0.6 is 0 Å².